The van der Waals surface area contributed by atoms with Crippen LogP contribution in [0.25, 0.3) is 0 Å². The second-order valence-electron chi connectivity index (χ2n) is 2.22. The Kier molecular flexibility index (Phi) is 6.03. The quantitative estimate of drug-likeness (QED) is 0.391. The van der Waals surface area contributed by atoms with Gasteiger partial charge in [0.1, 0.15) is 6.61 Å². The average Bonchev–Trinajstić information content (AvgIpc) is 2.00. The minimum atomic E-state index is -0.278. The molecule has 2 nitrogen and oxygen atoms in total. The third kappa shape index (κ3) is 4.90. The van der Waals surface area contributed by atoms with E-state index >= 15 is 0 Å². The van der Waals surface area contributed by atoms with Crippen LogP contribution in [0, 0.1) is 0 Å². The first-order valence-electron chi connectivity index (χ1n) is 3.68. The normalized spacial score (nSPS) is 12.2. The van der Waals surface area contributed by atoms with Gasteiger partial charge in [0.2, 0.25) is 0 Å². The van der Waals surface area contributed by atoms with Gasteiger partial charge in [0.05, 0.1) is 5.25 Å². The van der Waals surface area contributed by atoms with Crippen molar-refractivity contribution in [1.29, 1.82) is 0 Å². The Morgan fingerprint density at radius 2 is 2.45 bits per heavy atom. The van der Waals surface area contributed by atoms with E-state index in [1.54, 1.807) is 6.08 Å². The standard InChI is InChI=1S/C8H14O2S/c1-3-5-7(11)8(9)10-6-4-2/h4,7,11H,2-3,5-6H2,1H3. The fourth-order valence-corrected chi connectivity index (χ4v) is 0.961. The van der Waals surface area contributed by atoms with Crippen molar-refractivity contribution in [3.63, 3.8) is 0 Å². The zero-order valence-corrected chi connectivity index (χ0v) is 7.64. The number of thiol groups is 1. The summed E-state index contributed by atoms with van der Waals surface area (Å²) in [6, 6.07) is 0. The summed E-state index contributed by atoms with van der Waals surface area (Å²) < 4.78 is 4.77. The lowest BCUT2D eigenvalue weighted by Gasteiger charge is -2.07. The molecule has 0 aliphatic carbocycles. The first-order valence-corrected chi connectivity index (χ1v) is 4.19. The second kappa shape index (κ2) is 6.28. The summed E-state index contributed by atoms with van der Waals surface area (Å²) >= 11 is 4.07. The van der Waals surface area contributed by atoms with E-state index in [2.05, 4.69) is 19.2 Å². The number of hydrogen-bond acceptors (Lipinski definition) is 3. The zero-order valence-electron chi connectivity index (χ0n) is 6.75. The molecule has 0 spiro atoms. The second-order valence-corrected chi connectivity index (χ2v) is 2.85. The summed E-state index contributed by atoms with van der Waals surface area (Å²) in [6.45, 7) is 5.72. The molecule has 0 aliphatic rings. The maximum Gasteiger partial charge on any atom is 0.319 e. The minimum Gasteiger partial charge on any atom is -0.461 e. The van der Waals surface area contributed by atoms with E-state index in [4.69, 9.17) is 4.74 Å². The molecule has 0 N–H and O–H groups in total. The molecule has 0 aromatic rings. The molecule has 0 rings (SSSR count). The molecule has 64 valence electrons. The van der Waals surface area contributed by atoms with Gasteiger partial charge in [0.15, 0.2) is 0 Å². The lowest BCUT2D eigenvalue weighted by molar-refractivity contribution is -0.141. The van der Waals surface area contributed by atoms with Crippen LogP contribution >= 0.6 is 12.6 Å². The van der Waals surface area contributed by atoms with Crippen LogP contribution < -0.4 is 0 Å². The summed E-state index contributed by atoms with van der Waals surface area (Å²) in [5.74, 6) is -0.255. The Balaban J connectivity index is 3.54. The van der Waals surface area contributed by atoms with E-state index < -0.39 is 0 Å². The van der Waals surface area contributed by atoms with E-state index in [1.165, 1.54) is 0 Å². The minimum absolute atomic E-state index is 0.255. The lowest BCUT2D eigenvalue weighted by Crippen LogP contribution is -2.17. The van der Waals surface area contributed by atoms with Gasteiger partial charge >= 0.3 is 5.97 Å². The summed E-state index contributed by atoms with van der Waals surface area (Å²) in [5.41, 5.74) is 0. The van der Waals surface area contributed by atoms with Gasteiger partial charge < -0.3 is 4.74 Å². The fraction of sp³-hybridized carbons (Fsp3) is 0.625. The van der Waals surface area contributed by atoms with E-state index in [0.29, 0.717) is 0 Å². The van der Waals surface area contributed by atoms with Gasteiger partial charge in [0, 0.05) is 0 Å². The van der Waals surface area contributed by atoms with Gasteiger partial charge in [-0.3, -0.25) is 4.79 Å². The molecule has 0 aromatic carbocycles. The van der Waals surface area contributed by atoms with E-state index in [0.717, 1.165) is 12.8 Å². The maximum absolute atomic E-state index is 10.9. The number of esters is 1. The molecule has 0 amide bonds. The van der Waals surface area contributed by atoms with Crippen LogP contribution in [-0.2, 0) is 9.53 Å². The van der Waals surface area contributed by atoms with Crippen molar-refractivity contribution in [2.24, 2.45) is 0 Å². The summed E-state index contributed by atoms with van der Waals surface area (Å²) in [7, 11) is 0. The molecule has 1 unspecified atom stereocenters. The van der Waals surface area contributed by atoms with Crippen LogP contribution in [-0.4, -0.2) is 17.8 Å². The largest absolute Gasteiger partial charge is 0.461 e. The van der Waals surface area contributed by atoms with Crippen LogP contribution in [0.4, 0.5) is 0 Å². The monoisotopic (exact) mass is 174 g/mol. The van der Waals surface area contributed by atoms with Crippen molar-refractivity contribution >= 4 is 18.6 Å². The van der Waals surface area contributed by atoms with Crippen molar-refractivity contribution in [3.8, 4) is 0 Å². The van der Waals surface area contributed by atoms with E-state index in [9.17, 15) is 4.79 Å². The molecule has 0 fully saturated rings. The molecule has 0 saturated carbocycles. The molecule has 3 heteroatoms. The predicted molar refractivity (Wildman–Crippen MR) is 48.8 cm³/mol. The van der Waals surface area contributed by atoms with Gasteiger partial charge in [-0.25, -0.2) is 0 Å². The van der Waals surface area contributed by atoms with Gasteiger partial charge in [-0.05, 0) is 6.42 Å². The number of ether oxygens (including phenoxy) is 1. The van der Waals surface area contributed by atoms with Gasteiger partial charge in [-0.2, -0.15) is 12.6 Å². The van der Waals surface area contributed by atoms with Crippen LogP contribution in [0.2, 0.25) is 0 Å². The number of rotatable bonds is 5. The van der Waals surface area contributed by atoms with Crippen LogP contribution in [0.15, 0.2) is 12.7 Å². The van der Waals surface area contributed by atoms with Crippen LogP contribution in [0.1, 0.15) is 19.8 Å². The smallest absolute Gasteiger partial charge is 0.319 e. The molecule has 1 atom stereocenters. The molecule has 11 heavy (non-hydrogen) atoms. The molecule has 0 aromatic heterocycles. The maximum atomic E-state index is 10.9. The summed E-state index contributed by atoms with van der Waals surface area (Å²) in [5, 5.41) is -0.278. The van der Waals surface area contributed by atoms with Crippen LogP contribution in [0.3, 0.4) is 0 Å². The zero-order chi connectivity index (χ0) is 8.69. The van der Waals surface area contributed by atoms with E-state index in [-0.39, 0.29) is 17.8 Å². The Morgan fingerprint density at radius 1 is 1.82 bits per heavy atom. The summed E-state index contributed by atoms with van der Waals surface area (Å²) in [4.78, 5) is 10.9. The van der Waals surface area contributed by atoms with Crippen molar-refractivity contribution in [3.05, 3.63) is 12.7 Å². The Bertz CT molecular complexity index is 134. The molecule has 0 aliphatic heterocycles. The fourth-order valence-electron chi connectivity index (χ4n) is 0.629. The molecule has 0 heterocycles. The highest BCUT2D eigenvalue weighted by atomic mass is 32.1. The van der Waals surface area contributed by atoms with Crippen LogP contribution in [0.5, 0.6) is 0 Å². The first-order chi connectivity index (χ1) is 5.22. The van der Waals surface area contributed by atoms with Gasteiger partial charge in [0.25, 0.3) is 0 Å². The molecular formula is C8H14O2S. The molecule has 0 radical (unpaired) electrons. The van der Waals surface area contributed by atoms with Crippen molar-refractivity contribution in [2.75, 3.05) is 6.61 Å². The first kappa shape index (κ1) is 10.6. The third-order valence-corrected chi connectivity index (χ3v) is 1.65. The molecular weight excluding hydrogens is 160 g/mol. The number of carbonyl (C=O) groups excluding carboxylic acids is 1. The van der Waals surface area contributed by atoms with Crippen molar-refractivity contribution in [2.45, 2.75) is 25.0 Å². The van der Waals surface area contributed by atoms with Crippen molar-refractivity contribution in [1.82, 2.24) is 0 Å². The highest BCUT2D eigenvalue weighted by molar-refractivity contribution is 7.81. The topological polar surface area (TPSA) is 26.3 Å². The number of hydrogen-bond donors (Lipinski definition) is 1. The Hall–Kier alpha value is -0.440. The predicted octanol–water partition coefficient (Wildman–Crippen LogP) is 1.81. The summed E-state index contributed by atoms with van der Waals surface area (Å²) in [6.07, 6.45) is 3.25. The van der Waals surface area contributed by atoms with Crippen molar-refractivity contribution < 1.29 is 9.53 Å². The Morgan fingerprint density at radius 3 is 2.91 bits per heavy atom. The SMILES string of the molecule is C=CCOC(=O)C(S)CCC. The van der Waals surface area contributed by atoms with Gasteiger partial charge in [-0.15, -0.1) is 0 Å². The average molecular weight is 174 g/mol. The van der Waals surface area contributed by atoms with Gasteiger partial charge in [-0.1, -0.05) is 26.0 Å². The Labute approximate surface area is 73.0 Å². The molecule has 0 saturated heterocycles. The third-order valence-electron chi connectivity index (χ3n) is 1.18. The molecule has 0 bridgehead atoms. The lowest BCUT2D eigenvalue weighted by atomic mass is 10.2. The number of carbonyl (C=O) groups is 1. The highest BCUT2D eigenvalue weighted by Crippen LogP contribution is 2.06. The van der Waals surface area contributed by atoms with E-state index in [1.807, 2.05) is 6.92 Å². The highest BCUT2D eigenvalue weighted by Gasteiger charge is 2.12.